The van der Waals surface area contributed by atoms with Crippen molar-refractivity contribution in [1.82, 2.24) is 20.4 Å². The Morgan fingerprint density at radius 2 is 2.21 bits per heavy atom. The van der Waals surface area contributed by atoms with Crippen LogP contribution in [0.3, 0.4) is 0 Å². The van der Waals surface area contributed by atoms with Gasteiger partial charge >= 0.3 is 0 Å². The van der Waals surface area contributed by atoms with Crippen LogP contribution in [0.4, 0.5) is 0 Å². The number of likely N-dealkylation sites (tertiary alicyclic amines) is 1. The summed E-state index contributed by atoms with van der Waals surface area (Å²) >= 11 is 0. The van der Waals surface area contributed by atoms with Gasteiger partial charge in [-0.25, -0.2) is 5.10 Å². The lowest BCUT2D eigenvalue weighted by molar-refractivity contribution is 0.0680. The molecule has 1 aliphatic rings. The first-order chi connectivity index (χ1) is 9.20. The average molecular weight is 264 g/mol. The predicted octanol–water partition coefficient (Wildman–Crippen LogP) is 0.232. The second kappa shape index (κ2) is 6.47. The molecule has 0 atom stereocenters. The molecule has 0 aromatic carbocycles. The van der Waals surface area contributed by atoms with Crippen LogP contribution in [0.2, 0.25) is 0 Å². The molecular weight excluding hydrogens is 244 g/mol. The van der Waals surface area contributed by atoms with Crippen LogP contribution in [0.25, 0.3) is 0 Å². The molecule has 6 nitrogen and oxygen atoms in total. The number of hydrogen-bond acceptors (Lipinski definition) is 4. The Morgan fingerprint density at radius 3 is 2.79 bits per heavy atom. The molecule has 0 aliphatic carbocycles. The van der Waals surface area contributed by atoms with E-state index in [0.717, 1.165) is 38.9 Å². The third kappa shape index (κ3) is 3.64. The van der Waals surface area contributed by atoms with Crippen molar-refractivity contribution in [3.8, 4) is 0 Å². The topological polar surface area (TPSA) is 78.1 Å². The molecule has 2 heterocycles. The van der Waals surface area contributed by atoms with Crippen molar-refractivity contribution in [3.63, 3.8) is 0 Å². The first-order valence-electron chi connectivity index (χ1n) is 6.70. The normalized spacial score (nSPS) is 16.6. The van der Waals surface area contributed by atoms with Gasteiger partial charge in [-0.3, -0.25) is 9.59 Å². The molecule has 2 N–H and O–H groups in total. The highest BCUT2D eigenvalue weighted by Gasteiger charge is 2.24. The molecule has 1 saturated heterocycles. The summed E-state index contributed by atoms with van der Waals surface area (Å²) in [6.45, 7) is 2.57. The molecule has 0 radical (unpaired) electrons. The summed E-state index contributed by atoms with van der Waals surface area (Å²) in [4.78, 5) is 24.9. The predicted molar refractivity (Wildman–Crippen MR) is 72.0 cm³/mol. The summed E-state index contributed by atoms with van der Waals surface area (Å²) in [6.07, 6.45) is 3.24. The Labute approximate surface area is 112 Å². The SMILES string of the molecule is CNCCC1CCN(C(=O)c2ccc(=O)[nH]n2)CC1. The number of carbonyl (C=O) groups excluding carboxylic acids is 1. The van der Waals surface area contributed by atoms with Crippen molar-refractivity contribution in [2.24, 2.45) is 5.92 Å². The van der Waals surface area contributed by atoms with E-state index < -0.39 is 0 Å². The number of amides is 1. The fraction of sp³-hybridized carbons (Fsp3) is 0.615. The quantitative estimate of drug-likeness (QED) is 0.816. The van der Waals surface area contributed by atoms with E-state index in [9.17, 15) is 9.59 Å². The first kappa shape index (κ1) is 13.7. The van der Waals surface area contributed by atoms with E-state index in [2.05, 4.69) is 15.5 Å². The van der Waals surface area contributed by atoms with Crippen molar-refractivity contribution in [1.29, 1.82) is 0 Å². The van der Waals surface area contributed by atoms with Crippen LogP contribution < -0.4 is 10.9 Å². The largest absolute Gasteiger partial charge is 0.337 e. The molecule has 1 fully saturated rings. The second-order valence-electron chi connectivity index (χ2n) is 4.93. The zero-order chi connectivity index (χ0) is 13.7. The van der Waals surface area contributed by atoms with Crippen LogP contribution in [0.1, 0.15) is 29.8 Å². The van der Waals surface area contributed by atoms with Gasteiger partial charge in [0.1, 0.15) is 5.69 Å². The summed E-state index contributed by atoms with van der Waals surface area (Å²) in [6, 6.07) is 2.81. The number of carbonyl (C=O) groups is 1. The average Bonchev–Trinajstić information content (AvgIpc) is 2.46. The molecule has 1 aromatic rings. The summed E-state index contributed by atoms with van der Waals surface area (Å²) < 4.78 is 0. The van der Waals surface area contributed by atoms with Crippen LogP contribution >= 0.6 is 0 Å². The van der Waals surface area contributed by atoms with E-state index in [1.54, 1.807) is 0 Å². The Hall–Kier alpha value is -1.69. The Bertz CT molecular complexity index is 457. The summed E-state index contributed by atoms with van der Waals surface area (Å²) in [5, 5.41) is 9.23. The van der Waals surface area contributed by atoms with E-state index >= 15 is 0 Å². The van der Waals surface area contributed by atoms with E-state index in [1.807, 2.05) is 11.9 Å². The lowest BCUT2D eigenvalue weighted by Gasteiger charge is -2.31. The van der Waals surface area contributed by atoms with Crippen LogP contribution in [-0.4, -0.2) is 47.7 Å². The van der Waals surface area contributed by atoms with Gasteiger partial charge in [0, 0.05) is 19.2 Å². The molecule has 1 aromatic heterocycles. The minimum absolute atomic E-state index is 0.0942. The molecule has 6 heteroatoms. The maximum Gasteiger partial charge on any atom is 0.274 e. The van der Waals surface area contributed by atoms with Gasteiger partial charge in [-0.1, -0.05) is 0 Å². The number of piperidine rings is 1. The monoisotopic (exact) mass is 264 g/mol. The van der Waals surface area contributed by atoms with E-state index in [0.29, 0.717) is 11.6 Å². The van der Waals surface area contributed by atoms with Gasteiger partial charge in [0.25, 0.3) is 11.5 Å². The van der Waals surface area contributed by atoms with Crippen molar-refractivity contribution in [3.05, 3.63) is 28.2 Å². The minimum atomic E-state index is -0.290. The van der Waals surface area contributed by atoms with Gasteiger partial charge in [-0.15, -0.1) is 0 Å². The van der Waals surface area contributed by atoms with Crippen LogP contribution in [0.15, 0.2) is 16.9 Å². The molecule has 104 valence electrons. The number of rotatable bonds is 4. The van der Waals surface area contributed by atoms with E-state index in [-0.39, 0.29) is 11.5 Å². The van der Waals surface area contributed by atoms with Gasteiger partial charge in [0.15, 0.2) is 0 Å². The molecule has 2 rings (SSSR count). The zero-order valence-corrected chi connectivity index (χ0v) is 11.2. The van der Waals surface area contributed by atoms with Crippen LogP contribution in [0.5, 0.6) is 0 Å². The van der Waals surface area contributed by atoms with E-state index in [4.69, 9.17) is 0 Å². The molecule has 0 spiro atoms. The summed E-state index contributed by atoms with van der Waals surface area (Å²) in [5.74, 6) is 0.600. The number of nitrogens with zero attached hydrogens (tertiary/aromatic N) is 2. The second-order valence-corrected chi connectivity index (χ2v) is 4.93. The molecule has 1 aliphatic heterocycles. The Morgan fingerprint density at radius 1 is 1.47 bits per heavy atom. The summed E-state index contributed by atoms with van der Waals surface area (Å²) in [5.41, 5.74) is 0.0237. The molecule has 0 unspecified atom stereocenters. The van der Waals surface area contributed by atoms with Gasteiger partial charge in [0.05, 0.1) is 0 Å². The highest BCUT2D eigenvalue weighted by molar-refractivity contribution is 5.92. The van der Waals surface area contributed by atoms with Crippen molar-refractivity contribution in [2.75, 3.05) is 26.7 Å². The molecule has 19 heavy (non-hydrogen) atoms. The number of nitrogens with one attached hydrogen (secondary N) is 2. The zero-order valence-electron chi connectivity index (χ0n) is 11.2. The standard InChI is InChI=1S/C13H20N4O2/c1-14-7-4-10-5-8-17(9-6-10)13(19)11-2-3-12(18)16-15-11/h2-3,10,14H,4-9H2,1H3,(H,16,18). The lowest BCUT2D eigenvalue weighted by atomic mass is 9.93. The molecule has 1 amide bonds. The first-order valence-corrected chi connectivity index (χ1v) is 6.70. The number of aromatic nitrogens is 2. The highest BCUT2D eigenvalue weighted by Crippen LogP contribution is 2.20. The van der Waals surface area contributed by atoms with E-state index in [1.165, 1.54) is 12.1 Å². The fourth-order valence-electron chi connectivity index (χ4n) is 2.40. The molecular formula is C13H20N4O2. The van der Waals surface area contributed by atoms with Gasteiger partial charge < -0.3 is 10.2 Å². The maximum absolute atomic E-state index is 12.2. The smallest absolute Gasteiger partial charge is 0.274 e. The summed E-state index contributed by atoms with van der Waals surface area (Å²) in [7, 11) is 1.96. The van der Waals surface area contributed by atoms with Gasteiger partial charge in [-0.2, -0.15) is 5.10 Å². The van der Waals surface area contributed by atoms with Crippen LogP contribution in [0, 0.1) is 5.92 Å². The maximum atomic E-state index is 12.2. The number of hydrogen-bond donors (Lipinski definition) is 2. The highest BCUT2D eigenvalue weighted by atomic mass is 16.2. The van der Waals surface area contributed by atoms with Crippen LogP contribution in [-0.2, 0) is 0 Å². The third-order valence-corrected chi connectivity index (χ3v) is 3.60. The van der Waals surface area contributed by atoms with Gasteiger partial charge in [-0.05, 0) is 44.8 Å². The number of aromatic amines is 1. The lowest BCUT2D eigenvalue weighted by Crippen LogP contribution is -2.39. The third-order valence-electron chi connectivity index (χ3n) is 3.60. The van der Waals surface area contributed by atoms with Crippen molar-refractivity contribution < 1.29 is 4.79 Å². The van der Waals surface area contributed by atoms with Gasteiger partial charge in [0.2, 0.25) is 0 Å². The number of H-pyrrole nitrogens is 1. The van der Waals surface area contributed by atoms with Crippen molar-refractivity contribution in [2.45, 2.75) is 19.3 Å². The minimum Gasteiger partial charge on any atom is -0.337 e. The Kier molecular flexibility index (Phi) is 4.68. The molecule has 0 saturated carbocycles. The molecule has 0 bridgehead atoms. The fourth-order valence-corrected chi connectivity index (χ4v) is 2.40. The Balaban J connectivity index is 1.88. The van der Waals surface area contributed by atoms with Crippen molar-refractivity contribution >= 4 is 5.91 Å².